The highest BCUT2D eigenvalue weighted by Crippen LogP contribution is 2.03. The predicted molar refractivity (Wildman–Crippen MR) is 206 cm³/mol. The van der Waals surface area contributed by atoms with Gasteiger partial charge in [0.2, 0.25) is 18.2 Å². The summed E-state index contributed by atoms with van der Waals surface area (Å²) in [5, 5.41) is 20.9. The number of carboxylic acids is 1. The number of benzene rings is 3. The molecule has 13 heteroatoms. The van der Waals surface area contributed by atoms with E-state index in [2.05, 4.69) is 27.0 Å². The van der Waals surface area contributed by atoms with Crippen LogP contribution < -0.4 is 43.6 Å². The Morgan fingerprint density at radius 2 is 0.981 bits per heavy atom. The van der Waals surface area contributed by atoms with Crippen LogP contribution in [0.2, 0.25) is 0 Å². The zero-order valence-electron chi connectivity index (χ0n) is 31.9. The van der Waals surface area contributed by atoms with Crippen molar-refractivity contribution in [1.29, 1.82) is 0 Å². The summed E-state index contributed by atoms with van der Waals surface area (Å²) in [6.07, 6.45) is 2.89. The van der Waals surface area contributed by atoms with E-state index >= 15 is 0 Å². The molecule has 11 N–H and O–H groups in total. The Morgan fingerprint density at radius 3 is 1.25 bits per heavy atom. The molecule has 0 radical (unpaired) electrons. The first-order chi connectivity index (χ1) is 25.3. The van der Waals surface area contributed by atoms with Gasteiger partial charge in [0.05, 0.1) is 24.1 Å². The van der Waals surface area contributed by atoms with Crippen LogP contribution in [0.15, 0.2) is 91.0 Å². The number of carbonyl (C=O) groups excluding carboxylic acids is 5. The lowest BCUT2D eigenvalue weighted by molar-refractivity contribution is -0.404. The molecule has 1 unspecified atom stereocenters. The zero-order valence-corrected chi connectivity index (χ0v) is 31.9. The number of aliphatic carboxylic acids is 1. The van der Waals surface area contributed by atoms with Crippen LogP contribution in [-0.4, -0.2) is 54.3 Å². The molecule has 3 aromatic carbocycles. The van der Waals surface area contributed by atoms with Gasteiger partial charge in [-0.05, 0) is 41.9 Å². The van der Waals surface area contributed by atoms with Crippen molar-refractivity contribution in [1.82, 2.24) is 21.3 Å². The molecule has 0 aliphatic rings. The average molecular weight is 736 g/mol. The van der Waals surface area contributed by atoms with E-state index in [-0.39, 0.29) is 29.7 Å². The molecule has 4 amide bonds. The number of carboxylic acid groups (broad SMARTS) is 1. The normalized spacial score (nSPS) is 12.2. The maximum atomic E-state index is 11.4. The molecule has 0 aromatic heterocycles. The molecule has 53 heavy (non-hydrogen) atoms. The van der Waals surface area contributed by atoms with Gasteiger partial charge in [0.15, 0.2) is 6.04 Å². The number of nitrogens with one attached hydrogen (secondary N) is 4. The minimum atomic E-state index is -1.23. The molecule has 0 saturated heterocycles. The van der Waals surface area contributed by atoms with Gasteiger partial charge in [-0.1, -0.05) is 126 Å². The van der Waals surface area contributed by atoms with Gasteiger partial charge in [-0.3, -0.25) is 19.2 Å². The van der Waals surface area contributed by atoms with E-state index in [0.717, 1.165) is 23.1 Å². The molecule has 0 spiro atoms. The standard InChI is InChI=1S/3C11H16N2O.C7H13NO3/c3*1-2-10(12)11(14)13-8-9-6-4-3-5-7-9;1-5(2)3-6(7(10)11)8-4-9/h3*3-7,10H,2,8,12H2,1H3,(H,13,14);4-6H,3H2,1-2H3,(H,8,9)(H,10,11)/t2*10-;;6-/m10.0/s1. The summed E-state index contributed by atoms with van der Waals surface area (Å²) in [5.74, 6) is -1.15. The summed E-state index contributed by atoms with van der Waals surface area (Å²) in [6, 6.07) is 27.6. The van der Waals surface area contributed by atoms with Gasteiger partial charge < -0.3 is 48.4 Å². The van der Waals surface area contributed by atoms with Crippen molar-refractivity contribution in [2.45, 2.75) is 104 Å². The third-order valence-electron chi connectivity index (χ3n) is 7.61. The van der Waals surface area contributed by atoms with E-state index < -0.39 is 24.1 Å². The van der Waals surface area contributed by atoms with Gasteiger partial charge in [-0.25, -0.2) is 0 Å². The zero-order chi connectivity index (χ0) is 40.0. The molecule has 0 fully saturated rings. The topological polar surface area (TPSA) is 236 Å². The number of hydrogen-bond acceptors (Lipinski definition) is 8. The summed E-state index contributed by atoms with van der Waals surface area (Å²) in [7, 11) is 0. The van der Waals surface area contributed by atoms with Crippen LogP contribution in [0, 0.1) is 5.92 Å². The number of amides is 4. The third-order valence-corrected chi connectivity index (χ3v) is 7.61. The smallest absolute Gasteiger partial charge is 0.278 e. The molecular formula is C40H61N7O6. The summed E-state index contributed by atoms with van der Waals surface area (Å²) >= 11 is 0. The first kappa shape index (κ1) is 47.9. The summed E-state index contributed by atoms with van der Waals surface area (Å²) < 4.78 is 0. The number of nitrogens with two attached hydrogens (primary N) is 2. The van der Waals surface area contributed by atoms with Crippen LogP contribution in [-0.2, 0) is 43.6 Å². The fourth-order valence-corrected chi connectivity index (χ4v) is 4.10. The summed E-state index contributed by atoms with van der Waals surface area (Å²) in [4.78, 5) is 54.2. The highest BCUT2D eigenvalue weighted by atomic mass is 16.4. The minimum Gasteiger partial charge on any atom is -0.548 e. The fraction of sp³-hybridized carbons (Fsp3) is 0.425. The predicted octanol–water partition coefficient (Wildman–Crippen LogP) is 1.30. The Balaban J connectivity index is 0.000000684. The number of quaternary nitrogens is 1. The molecule has 292 valence electrons. The van der Waals surface area contributed by atoms with Crippen molar-refractivity contribution in [3.63, 3.8) is 0 Å². The second kappa shape index (κ2) is 29.5. The lowest BCUT2D eigenvalue weighted by atomic mass is 10.0. The maximum absolute atomic E-state index is 11.4. The molecule has 0 aliphatic heterocycles. The number of carbonyl (C=O) groups is 5. The van der Waals surface area contributed by atoms with Gasteiger partial charge in [-0.15, -0.1) is 0 Å². The van der Waals surface area contributed by atoms with Crippen molar-refractivity contribution in [3.8, 4) is 0 Å². The molecule has 0 saturated carbocycles. The Bertz CT molecular complexity index is 1280. The Hall–Kier alpha value is -5.11. The van der Waals surface area contributed by atoms with Crippen molar-refractivity contribution in [2.24, 2.45) is 17.4 Å². The third kappa shape index (κ3) is 23.9. The number of hydrogen-bond donors (Lipinski definition) is 7. The number of rotatable bonds is 17. The largest absolute Gasteiger partial charge is 0.548 e. The lowest BCUT2D eigenvalue weighted by Gasteiger charge is -2.18. The van der Waals surface area contributed by atoms with E-state index in [4.69, 9.17) is 11.5 Å². The van der Waals surface area contributed by atoms with E-state index in [1.54, 1.807) is 0 Å². The van der Waals surface area contributed by atoms with Crippen LogP contribution in [0.1, 0.15) is 77.0 Å². The van der Waals surface area contributed by atoms with Crippen LogP contribution in [0.5, 0.6) is 0 Å². The monoisotopic (exact) mass is 735 g/mol. The SMILES string of the molecule is CC(C)C[C@H](NC=O)C(=O)[O-].CCC(N)C(=O)NCc1ccccc1.CC[C@@H]([NH3+])C(=O)NCc1ccccc1.CC[C@H](N)C(=O)NCc1ccccc1. The Labute approximate surface area is 314 Å². The average Bonchev–Trinajstić information content (AvgIpc) is 3.18. The van der Waals surface area contributed by atoms with E-state index in [0.29, 0.717) is 45.3 Å². The van der Waals surface area contributed by atoms with Crippen molar-refractivity contribution in [2.75, 3.05) is 0 Å². The van der Waals surface area contributed by atoms with Crippen molar-refractivity contribution in [3.05, 3.63) is 108 Å². The summed E-state index contributed by atoms with van der Waals surface area (Å²) in [6.45, 7) is 11.2. The van der Waals surface area contributed by atoms with Crippen molar-refractivity contribution >= 4 is 30.1 Å². The fourth-order valence-electron chi connectivity index (χ4n) is 4.10. The van der Waals surface area contributed by atoms with Gasteiger partial charge in [-0.2, -0.15) is 0 Å². The Morgan fingerprint density at radius 1 is 0.642 bits per heavy atom. The second-order valence-electron chi connectivity index (χ2n) is 12.5. The second-order valence-corrected chi connectivity index (χ2v) is 12.5. The van der Waals surface area contributed by atoms with E-state index in [1.807, 2.05) is 126 Å². The molecule has 0 aliphatic carbocycles. The van der Waals surface area contributed by atoms with Gasteiger partial charge in [0.25, 0.3) is 5.91 Å². The quantitative estimate of drug-likeness (QED) is 0.0996. The van der Waals surface area contributed by atoms with Crippen LogP contribution in [0.25, 0.3) is 0 Å². The molecule has 0 heterocycles. The molecule has 0 bridgehead atoms. The molecule has 13 nitrogen and oxygen atoms in total. The van der Waals surface area contributed by atoms with Gasteiger partial charge >= 0.3 is 0 Å². The molecular weight excluding hydrogens is 674 g/mol. The maximum Gasteiger partial charge on any atom is 0.278 e. The first-order valence-corrected chi connectivity index (χ1v) is 18.0. The molecule has 3 aromatic rings. The van der Waals surface area contributed by atoms with E-state index in [1.165, 1.54) is 0 Å². The van der Waals surface area contributed by atoms with Crippen LogP contribution in [0.3, 0.4) is 0 Å². The van der Waals surface area contributed by atoms with Crippen molar-refractivity contribution < 1.29 is 34.8 Å². The highest BCUT2D eigenvalue weighted by Gasteiger charge is 2.13. The Kier molecular flexibility index (Phi) is 26.6. The van der Waals surface area contributed by atoms with Gasteiger partial charge in [0.1, 0.15) is 0 Å². The van der Waals surface area contributed by atoms with Crippen LogP contribution >= 0.6 is 0 Å². The van der Waals surface area contributed by atoms with Crippen LogP contribution in [0.4, 0.5) is 0 Å². The molecule has 3 rings (SSSR count). The first-order valence-electron chi connectivity index (χ1n) is 18.0. The molecule has 4 atom stereocenters. The summed E-state index contributed by atoms with van der Waals surface area (Å²) in [5.41, 5.74) is 18.2. The van der Waals surface area contributed by atoms with Gasteiger partial charge in [0, 0.05) is 26.1 Å². The lowest BCUT2D eigenvalue weighted by Crippen LogP contribution is -2.67. The van der Waals surface area contributed by atoms with E-state index in [9.17, 15) is 29.1 Å². The highest BCUT2D eigenvalue weighted by molar-refractivity contribution is 5.82. The minimum absolute atomic E-state index is 0.0244.